The highest BCUT2D eigenvalue weighted by atomic mass is 32.1. The van der Waals surface area contributed by atoms with Crippen LogP contribution in [0, 0.1) is 0 Å². The first-order chi connectivity index (χ1) is 14.8. The van der Waals surface area contributed by atoms with Gasteiger partial charge in [-0.3, -0.25) is 4.79 Å². The van der Waals surface area contributed by atoms with Crippen molar-refractivity contribution >= 4 is 17.1 Å². The van der Waals surface area contributed by atoms with E-state index in [9.17, 15) is 4.79 Å². The van der Waals surface area contributed by atoms with Gasteiger partial charge in [0.05, 0.1) is 0 Å². The van der Waals surface area contributed by atoms with Crippen LogP contribution in [0.3, 0.4) is 0 Å². The van der Waals surface area contributed by atoms with Crippen LogP contribution in [0.15, 0.2) is 60.0 Å². The average molecular weight is 420 g/mol. The third-order valence-corrected chi connectivity index (χ3v) is 6.99. The summed E-state index contributed by atoms with van der Waals surface area (Å²) in [5.41, 5.74) is 2.72. The van der Waals surface area contributed by atoms with Crippen LogP contribution in [0.2, 0.25) is 0 Å². The van der Waals surface area contributed by atoms with E-state index in [1.165, 1.54) is 11.3 Å². The first-order valence-electron chi connectivity index (χ1n) is 10.6. The topological polar surface area (TPSA) is 38.8 Å². The summed E-state index contributed by atoms with van der Waals surface area (Å²) in [5, 5.41) is 2.15. The Bertz CT molecular complexity index is 1030. The van der Waals surface area contributed by atoms with E-state index in [0.717, 1.165) is 47.8 Å². The first-order valence-corrected chi connectivity index (χ1v) is 11.4. The van der Waals surface area contributed by atoms with E-state index in [2.05, 4.69) is 22.4 Å². The van der Waals surface area contributed by atoms with Gasteiger partial charge in [-0.1, -0.05) is 36.4 Å². The minimum atomic E-state index is 0.195. The Balaban J connectivity index is 1.28. The molecule has 154 valence electrons. The normalized spacial score (nSPS) is 18.5. The number of nitrogens with zero attached hydrogens (tertiary/aromatic N) is 1. The molecule has 3 aromatic rings. The van der Waals surface area contributed by atoms with Crippen molar-refractivity contribution in [1.29, 1.82) is 0 Å². The highest BCUT2D eigenvalue weighted by Crippen LogP contribution is 2.36. The molecule has 0 bridgehead atoms. The molecule has 0 N–H and O–H groups in total. The summed E-state index contributed by atoms with van der Waals surface area (Å²) in [6, 6.07) is 18.1. The van der Waals surface area contributed by atoms with Crippen molar-refractivity contribution in [2.75, 3.05) is 32.8 Å². The molecule has 1 atom stereocenters. The maximum absolute atomic E-state index is 13.1. The Labute approximate surface area is 181 Å². The van der Waals surface area contributed by atoms with Gasteiger partial charge in [0.1, 0.15) is 13.2 Å². The molecule has 2 aliphatic rings. The van der Waals surface area contributed by atoms with E-state index in [1.807, 2.05) is 53.8 Å². The highest BCUT2D eigenvalue weighted by Gasteiger charge is 2.25. The lowest BCUT2D eigenvalue weighted by molar-refractivity contribution is 0.0969. The quantitative estimate of drug-likeness (QED) is 0.512. The molecule has 0 aliphatic carbocycles. The molecule has 1 aromatic heterocycles. The molecule has 1 saturated heterocycles. The second kappa shape index (κ2) is 8.62. The fourth-order valence-electron chi connectivity index (χ4n) is 4.37. The molecule has 5 heteroatoms. The van der Waals surface area contributed by atoms with Crippen molar-refractivity contribution in [3.63, 3.8) is 0 Å². The van der Waals surface area contributed by atoms with E-state index >= 15 is 0 Å². The van der Waals surface area contributed by atoms with E-state index in [-0.39, 0.29) is 5.78 Å². The molecule has 2 aromatic carbocycles. The van der Waals surface area contributed by atoms with Crippen LogP contribution in [0.5, 0.6) is 11.5 Å². The molecule has 1 unspecified atom stereocenters. The number of likely N-dealkylation sites (tertiary alicyclic amines) is 1. The molecular formula is C25H25NO3S. The number of benzene rings is 2. The molecule has 2 aliphatic heterocycles. The largest absolute Gasteiger partial charge is 0.486 e. The summed E-state index contributed by atoms with van der Waals surface area (Å²) in [6.45, 7) is 4.07. The Morgan fingerprint density at radius 2 is 1.90 bits per heavy atom. The van der Waals surface area contributed by atoms with Crippen molar-refractivity contribution in [2.45, 2.75) is 18.8 Å². The number of rotatable bonds is 6. The number of ketones is 1. The van der Waals surface area contributed by atoms with Crippen LogP contribution >= 0.6 is 11.3 Å². The average Bonchev–Trinajstić information content (AvgIpc) is 3.49. The Hall–Kier alpha value is -2.63. The Morgan fingerprint density at radius 1 is 1.03 bits per heavy atom. The zero-order valence-electron chi connectivity index (χ0n) is 16.9. The van der Waals surface area contributed by atoms with Crippen molar-refractivity contribution in [3.8, 4) is 22.6 Å². The fourth-order valence-corrected chi connectivity index (χ4v) is 5.23. The predicted molar refractivity (Wildman–Crippen MR) is 120 cm³/mol. The fraction of sp³-hybridized carbons (Fsp3) is 0.320. The van der Waals surface area contributed by atoms with Gasteiger partial charge in [0.25, 0.3) is 0 Å². The maximum Gasteiger partial charge on any atom is 0.164 e. The second-order valence-corrected chi connectivity index (χ2v) is 8.86. The van der Waals surface area contributed by atoms with Crippen LogP contribution in [0.25, 0.3) is 11.1 Å². The summed E-state index contributed by atoms with van der Waals surface area (Å²) < 4.78 is 11.4. The number of Topliss-reactive ketones (excluding diaryl/α,β-unsaturated/α-hetero) is 1. The smallest absolute Gasteiger partial charge is 0.164 e. The summed E-state index contributed by atoms with van der Waals surface area (Å²) in [4.78, 5) is 17.0. The van der Waals surface area contributed by atoms with Crippen LogP contribution in [-0.4, -0.2) is 43.5 Å². The molecule has 30 heavy (non-hydrogen) atoms. The molecule has 0 spiro atoms. The van der Waals surface area contributed by atoms with Gasteiger partial charge in [-0.15, -0.1) is 11.3 Å². The van der Waals surface area contributed by atoms with Gasteiger partial charge in [0.15, 0.2) is 17.3 Å². The van der Waals surface area contributed by atoms with Crippen molar-refractivity contribution in [1.82, 2.24) is 4.90 Å². The predicted octanol–water partition coefficient (Wildman–Crippen LogP) is 5.25. The zero-order valence-corrected chi connectivity index (χ0v) is 17.7. The lowest BCUT2D eigenvalue weighted by Crippen LogP contribution is -2.23. The van der Waals surface area contributed by atoms with E-state index in [0.29, 0.717) is 25.6 Å². The molecule has 0 saturated carbocycles. The van der Waals surface area contributed by atoms with Crippen LogP contribution in [0.4, 0.5) is 0 Å². The number of carbonyl (C=O) groups excluding carboxylic acids is 1. The van der Waals surface area contributed by atoms with Gasteiger partial charge in [-0.05, 0) is 47.7 Å². The summed E-state index contributed by atoms with van der Waals surface area (Å²) >= 11 is 1.84. The lowest BCUT2D eigenvalue weighted by Gasteiger charge is -2.19. The minimum Gasteiger partial charge on any atom is -0.486 e. The van der Waals surface area contributed by atoms with Gasteiger partial charge in [-0.25, -0.2) is 0 Å². The summed E-state index contributed by atoms with van der Waals surface area (Å²) in [5.74, 6) is 2.32. The number of thiophene rings is 1. The van der Waals surface area contributed by atoms with E-state index < -0.39 is 0 Å². The van der Waals surface area contributed by atoms with Gasteiger partial charge >= 0.3 is 0 Å². The number of fused-ring (bicyclic) bond motifs is 1. The Morgan fingerprint density at radius 3 is 2.77 bits per heavy atom. The van der Waals surface area contributed by atoms with Crippen LogP contribution in [0.1, 0.15) is 34.0 Å². The Kier molecular flexibility index (Phi) is 5.56. The number of hydrogen-bond acceptors (Lipinski definition) is 5. The van der Waals surface area contributed by atoms with Gasteiger partial charge < -0.3 is 14.4 Å². The standard InChI is InChI=1S/C25H25NO3S/c27-22(10-12-26-11-9-19(17-26)25-6-3-15-30-25)21-5-2-1-4-20(21)18-7-8-23-24(16-18)29-14-13-28-23/h1-8,15-16,19H,9-14,17H2. The highest BCUT2D eigenvalue weighted by molar-refractivity contribution is 7.10. The third-order valence-electron chi connectivity index (χ3n) is 5.95. The van der Waals surface area contributed by atoms with Gasteiger partial charge in [0, 0.05) is 35.9 Å². The number of carbonyl (C=O) groups is 1. The molecule has 1 fully saturated rings. The van der Waals surface area contributed by atoms with Crippen molar-refractivity contribution in [2.24, 2.45) is 0 Å². The first kappa shape index (κ1) is 19.3. The van der Waals surface area contributed by atoms with Gasteiger partial charge in [0.2, 0.25) is 0 Å². The van der Waals surface area contributed by atoms with Gasteiger partial charge in [-0.2, -0.15) is 0 Å². The second-order valence-electron chi connectivity index (χ2n) is 7.88. The third kappa shape index (κ3) is 4.00. The molecule has 3 heterocycles. The van der Waals surface area contributed by atoms with E-state index in [1.54, 1.807) is 0 Å². The van der Waals surface area contributed by atoms with Crippen molar-refractivity contribution < 1.29 is 14.3 Å². The summed E-state index contributed by atoms with van der Waals surface area (Å²) in [7, 11) is 0. The SMILES string of the molecule is O=C(CCN1CCC(c2cccs2)C1)c1ccccc1-c1ccc2c(c1)OCCO2. The molecule has 4 nitrogen and oxygen atoms in total. The monoisotopic (exact) mass is 419 g/mol. The molecule has 0 radical (unpaired) electrons. The molecule has 0 amide bonds. The van der Waals surface area contributed by atoms with Crippen LogP contribution < -0.4 is 9.47 Å². The number of ether oxygens (including phenoxy) is 2. The maximum atomic E-state index is 13.1. The van der Waals surface area contributed by atoms with E-state index in [4.69, 9.17) is 9.47 Å². The zero-order chi connectivity index (χ0) is 20.3. The van der Waals surface area contributed by atoms with Crippen molar-refractivity contribution in [3.05, 3.63) is 70.4 Å². The minimum absolute atomic E-state index is 0.195. The molecular weight excluding hydrogens is 394 g/mol. The van der Waals surface area contributed by atoms with Crippen LogP contribution in [-0.2, 0) is 0 Å². The summed E-state index contributed by atoms with van der Waals surface area (Å²) in [6.07, 6.45) is 1.72. The molecule has 5 rings (SSSR count). The lowest BCUT2D eigenvalue weighted by atomic mass is 9.95. The number of hydrogen-bond donors (Lipinski definition) is 0.